The van der Waals surface area contributed by atoms with Crippen LogP contribution in [-0.4, -0.2) is 25.9 Å². The van der Waals surface area contributed by atoms with Crippen LogP contribution in [0.25, 0.3) is 16.5 Å². The number of carbonyl (C=O) groups is 1. The molecule has 0 atom stereocenters. The Labute approximate surface area is 155 Å². The molecular weight excluding hydrogens is 338 g/mol. The molecule has 1 aliphatic rings. The smallest absolute Gasteiger partial charge is 0.278 e. The fraction of sp³-hybridized carbons (Fsp3) is 0.143. The maximum atomic E-state index is 12.8. The quantitative estimate of drug-likeness (QED) is 0.602. The summed E-state index contributed by atoms with van der Waals surface area (Å²) in [5.74, 6) is 0.0757. The third-order valence-electron chi connectivity index (χ3n) is 4.82. The van der Waals surface area contributed by atoms with E-state index < -0.39 is 0 Å². The van der Waals surface area contributed by atoms with Gasteiger partial charge >= 0.3 is 0 Å². The Morgan fingerprint density at radius 3 is 2.59 bits per heavy atom. The first-order valence-electron chi connectivity index (χ1n) is 8.96. The van der Waals surface area contributed by atoms with Gasteiger partial charge in [-0.2, -0.15) is 0 Å². The number of benzene rings is 2. The van der Waals surface area contributed by atoms with Crippen molar-refractivity contribution in [1.82, 2.24) is 20.0 Å². The van der Waals surface area contributed by atoms with E-state index in [1.807, 2.05) is 28.9 Å². The molecule has 6 heteroatoms. The molecule has 2 aromatic heterocycles. The summed E-state index contributed by atoms with van der Waals surface area (Å²) in [6.45, 7) is 0. The highest BCUT2D eigenvalue weighted by atomic mass is 16.2. The standard InChI is InChI=1S/C21H17N5O/c27-21(23-16-10-12-22-13-11-16)19-20(15-8-9-15)26(25-24-19)18-7-3-5-14-4-1-2-6-17(14)18/h1-7,10-13,15H,8-9H2,(H,22,23,27). The number of hydrogen-bond acceptors (Lipinski definition) is 4. The van der Waals surface area contributed by atoms with Crippen LogP contribution in [0.5, 0.6) is 0 Å². The summed E-state index contributed by atoms with van der Waals surface area (Å²) in [6, 6.07) is 17.8. The van der Waals surface area contributed by atoms with Crippen LogP contribution in [0.4, 0.5) is 5.69 Å². The first kappa shape index (κ1) is 15.7. The molecule has 5 rings (SSSR count). The van der Waals surface area contributed by atoms with E-state index in [0.29, 0.717) is 17.3 Å². The number of rotatable bonds is 4. The first-order valence-corrected chi connectivity index (χ1v) is 8.96. The third kappa shape index (κ3) is 2.85. The Morgan fingerprint density at radius 1 is 1.00 bits per heavy atom. The number of anilines is 1. The first-order chi connectivity index (χ1) is 13.3. The van der Waals surface area contributed by atoms with E-state index in [2.05, 4.69) is 38.8 Å². The molecule has 27 heavy (non-hydrogen) atoms. The molecule has 0 unspecified atom stereocenters. The largest absolute Gasteiger partial charge is 0.320 e. The van der Waals surface area contributed by atoms with Crippen molar-refractivity contribution in [2.75, 3.05) is 5.32 Å². The molecule has 2 aromatic carbocycles. The van der Waals surface area contributed by atoms with Gasteiger partial charge in [0.15, 0.2) is 5.69 Å². The maximum absolute atomic E-state index is 12.8. The van der Waals surface area contributed by atoms with Gasteiger partial charge in [0, 0.05) is 29.4 Å². The van der Waals surface area contributed by atoms with Crippen LogP contribution in [0, 0.1) is 0 Å². The minimum absolute atomic E-state index is 0.241. The molecule has 0 aliphatic heterocycles. The lowest BCUT2D eigenvalue weighted by Gasteiger charge is -2.10. The second kappa shape index (κ2) is 6.32. The lowest BCUT2D eigenvalue weighted by molar-refractivity contribution is 0.102. The fourth-order valence-electron chi connectivity index (χ4n) is 3.37. The molecule has 0 saturated heterocycles. The van der Waals surface area contributed by atoms with Crippen molar-refractivity contribution in [3.05, 3.63) is 78.4 Å². The molecule has 4 aromatic rings. The summed E-state index contributed by atoms with van der Waals surface area (Å²) in [5, 5.41) is 13.7. The number of amides is 1. The van der Waals surface area contributed by atoms with Gasteiger partial charge in [0.1, 0.15) is 0 Å². The molecule has 132 valence electrons. The van der Waals surface area contributed by atoms with E-state index in [9.17, 15) is 4.79 Å². The van der Waals surface area contributed by atoms with Gasteiger partial charge in [-0.3, -0.25) is 9.78 Å². The summed E-state index contributed by atoms with van der Waals surface area (Å²) in [5.41, 5.74) is 2.92. The fourth-order valence-corrected chi connectivity index (χ4v) is 3.37. The summed E-state index contributed by atoms with van der Waals surface area (Å²) < 4.78 is 1.83. The van der Waals surface area contributed by atoms with Crippen molar-refractivity contribution in [1.29, 1.82) is 0 Å². The van der Waals surface area contributed by atoms with Crippen LogP contribution in [0.3, 0.4) is 0 Å². The van der Waals surface area contributed by atoms with Crippen molar-refractivity contribution >= 4 is 22.4 Å². The number of carbonyl (C=O) groups excluding carboxylic acids is 1. The summed E-state index contributed by atoms with van der Waals surface area (Å²) in [7, 11) is 0. The van der Waals surface area contributed by atoms with E-state index in [-0.39, 0.29) is 5.91 Å². The highest BCUT2D eigenvalue weighted by molar-refractivity contribution is 6.04. The lowest BCUT2D eigenvalue weighted by Crippen LogP contribution is -2.15. The lowest BCUT2D eigenvalue weighted by atomic mass is 10.1. The summed E-state index contributed by atoms with van der Waals surface area (Å²) >= 11 is 0. The van der Waals surface area contributed by atoms with Crippen LogP contribution < -0.4 is 5.32 Å². The molecule has 2 heterocycles. The second-order valence-corrected chi connectivity index (χ2v) is 6.70. The average molecular weight is 355 g/mol. The number of hydrogen-bond donors (Lipinski definition) is 1. The average Bonchev–Trinajstić information content (AvgIpc) is 3.46. The van der Waals surface area contributed by atoms with Gasteiger partial charge in [-0.1, -0.05) is 41.6 Å². The zero-order valence-electron chi connectivity index (χ0n) is 14.5. The molecule has 1 aliphatic carbocycles. The molecule has 1 fully saturated rings. The molecule has 1 N–H and O–H groups in total. The van der Waals surface area contributed by atoms with Gasteiger partial charge in [0.2, 0.25) is 0 Å². The van der Waals surface area contributed by atoms with Crippen LogP contribution >= 0.6 is 0 Å². The van der Waals surface area contributed by atoms with Crippen LogP contribution in [0.1, 0.15) is 34.9 Å². The number of nitrogens with zero attached hydrogens (tertiary/aromatic N) is 4. The highest BCUT2D eigenvalue weighted by Crippen LogP contribution is 2.42. The van der Waals surface area contributed by atoms with Gasteiger partial charge in [-0.25, -0.2) is 4.68 Å². The number of pyridine rings is 1. The topological polar surface area (TPSA) is 72.7 Å². The molecule has 6 nitrogen and oxygen atoms in total. The normalized spacial score (nSPS) is 13.6. The van der Waals surface area contributed by atoms with Crippen molar-refractivity contribution < 1.29 is 4.79 Å². The Morgan fingerprint density at radius 2 is 1.78 bits per heavy atom. The van der Waals surface area contributed by atoms with Crippen molar-refractivity contribution in [3.63, 3.8) is 0 Å². The minimum Gasteiger partial charge on any atom is -0.320 e. The predicted octanol–water partition coefficient (Wildman–Crippen LogP) is 3.95. The van der Waals surface area contributed by atoms with Crippen LogP contribution in [0.2, 0.25) is 0 Å². The minimum atomic E-state index is -0.241. The van der Waals surface area contributed by atoms with Crippen molar-refractivity contribution in [2.24, 2.45) is 0 Å². The maximum Gasteiger partial charge on any atom is 0.278 e. The Hall–Kier alpha value is -3.54. The molecule has 0 bridgehead atoms. The third-order valence-corrected chi connectivity index (χ3v) is 4.82. The number of fused-ring (bicyclic) bond motifs is 1. The summed E-state index contributed by atoms with van der Waals surface area (Å²) in [4.78, 5) is 16.8. The highest BCUT2D eigenvalue weighted by Gasteiger charge is 2.34. The number of aromatic nitrogens is 4. The van der Waals surface area contributed by atoms with E-state index in [1.54, 1.807) is 24.5 Å². The molecular formula is C21H17N5O. The van der Waals surface area contributed by atoms with Gasteiger partial charge in [-0.15, -0.1) is 5.10 Å². The van der Waals surface area contributed by atoms with Crippen LogP contribution in [0.15, 0.2) is 67.0 Å². The summed E-state index contributed by atoms with van der Waals surface area (Å²) in [6.07, 6.45) is 5.39. The molecule has 0 radical (unpaired) electrons. The molecule has 0 spiro atoms. The van der Waals surface area contributed by atoms with E-state index >= 15 is 0 Å². The van der Waals surface area contributed by atoms with Gasteiger partial charge in [0.25, 0.3) is 5.91 Å². The van der Waals surface area contributed by atoms with Gasteiger partial charge in [0.05, 0.1) is 11.4 Å². The molecule has 1 saturated carbocycles. The van der Waals surface area contributed by atoms with E-state index in [1.165, 1.54) is 0 Å². The zero-order chi connectivity index (χ0) is 18.2. The van der Waals surface area contributed by atoms with Crippen LogP contribution in [-0.2, 0) is 0 Å². The molecule has 1 amide bonds. The monoisotopic (exact) mass is 355 g/mol. The predicted molar refractivity (Wildman–Crippen MR) is 103 cm³/mol. The Balaban J connectivity index is 1.60. The van der Waals surface area contributed by atoms with Gasteiger partial charge in [-0.05, 0) is 36.4 Å². The zero-order valence-corrected chi connectivity index (χ0v) is 14.5. The number of nitrogens with one attached hydrogen (secondary N) is 1. The Kier molecular flexibility index (Phi) is 3.67. The van der Waals surface area contributed by atoms with Crippen molar-refractivity contribution in [2.45, 2.75) is 18.8 Å². The van der Waals surface area contributed by atoms with Gasteiger partial charge < -0.3 is 5.32 Å². The second-order valence-electron chi connectivity index (χ2n) is 6.70. The van der Waals surface area contributed by atoms with E-state index in [4.69, 9.17) is 0 Å². The Bertz CT molecular complexity index is 1130. The van der Waals surface area contributed by atoms with Crippen molar-refractivity contribution in [3.8, 4) is 5.69 Å². The SMILES string of the molecule is O=C(Nc1ccncc1)c1nnn(-c2cccc3ccccc23)c1C1CC1. The van der Waals surface area contributed by atoms with E-state index in [0.717, 1.165) is 35.0 Å².